The highest BCUT2D eigenvalue weighted by Gasteiger charge is 2.15. The van der Waals surface area contributed by atoms with Crippen molar-refractivity contribution in [2.75, 3.05) is 10.0 Å². The van der Waals surface area contributed by atoms with Crippen molar-refractivity contribution in [2.45, 2.75) is 5.75 Å². The highest BCUT2D eigenvalue weighted by molar-refractivity contribution is 7.91. The number of anilines is 2. The smallest absolute Gasteiger partial charge is 0.255 e. The fraction of sp³-hybridized carbons (Fsp3) is 0.0526. The first-order chi connectivity index (χ1) is 13.7. The fourth-order valence-electron chi connectivity index (χ4n) is 2.40. The summed E-state index contributed by atoms with van der Waals surface area (Å²) in [4.78, 5) is 16.2. The molecule has 6 nitrogen and oxygen atoms in total. The standard InChI is InChI=1S/C19H14ClF2N3O3S/c20-14-3-1-12(2-4-14)11-29(27,28)25-18-9-13(7-8-23-18)19(26)24-15-5-6-16(21)17(22)10-15/h1-10H,11H2,(H,23,25)(H,24,26). The van der Waals surface area contributed by atoms with Crippen molar-refractivity contribution in [1.29, 1.82) is 0 Å². The number of hydrogen-bond acceptors (Lipinski definition) is 4. The van der Waals surface area contributed by atoms with Gasteiger partial charge in [-0.15, -0.1) is 0 Å². The molecule has 0 saturated heterocycles. The maximum atomic E-state index is 13.3. The maximum absolute atomic E-state index is 13.3. The number of carbonyl (C=O) groups is 1. The van der Waals surface area contributed by atoms with Crippen LogP contribution in [0.3, 0.4) is 0 Å². The van der Waals surface area contributed by atoms with E-state index in [0.717, 1.165) is 12.1 Å². The zero-order valence-corrected chi connectivity index (χ0v) is 16.3. The number of carbonyl (C=O) groups excluding carboxylic acids is 1. The molecule has 0 aliphatic carbocycles. The number of aromatic nitrogens is 1. The average molecular weight is 438 g/mol. The van der Waals surface area contributed by atoms with Crippen molar-refractivity contribution in [3.8, 4) is 0 Å². The van der Waals surface area contributed by atoms with Crippen LogP contribution in [0.25, 0.3) is 0 Å². The van der Waals surface area contributed by atoms with Crippen molar-refractivity contribution in [3.05, 3.63) is 88.6 Å². The highest BCUT2D eigenvalue weighted by Crippen LogP contribution is 2.17. The molecule has 0 radical (unpaired) electrons. The summed E-state index contributed by atoms with van der Waals surface area (Å²) in [5.74, 6) is -3.15. The van der Waals surface area contributed by atoms with Crippen molar-refractivity contribution < 1.29 is 22.0 Å². The molecular formula is C19H14ClF2N3O3S. The van der Waals surface area contributed by atoms with E-state index in [0.29, 0.717) is 10.6 Å². The van der Waals surface area contributed by atoms with Crippen molar-refractivity contribution in [1.82, 2.24) is 4.98 Å². The van der Waals surface area contributed by atoms with E-state index in [2.05, 4.69) is 15.0 Å². The molecule has 2 aromatic carbocycles. The third kappa shape index (κ3) is 5.72. The van der Waals surface area contributed by atoms with E-state index in [4.69, 9.17) is 11.6 Å². The molecule has 0 aliphatic rings. The third-order valence-corrected chi connectivity index (χ3v) is 5.22. The van der Waals surface area contributed by atoms with Crippen LogP contribution in [0.1, 0.15) is 15.9 Å². The van der Waals surface area contributed by atoms with Gasteiger partial charge in [0.2, 0.25) is 10.0 Å². The molecule has 1 aromatic heterocycles. The summed E-state index contributed by atoms with van der Waals surface area (Å²) in [6, 6.07) is 11.8. The molecule has 150 valence electrons. The Morgan fingerprint density at radius 1 is 1.00 bits per heavy atom. The van der Waals surface area contributed by atoms with E-state index in [-0.39, 0.29) is 22.8 Å². The second kappa shape index (κ2) is 8.54. The van der Waals surface area contributed by atoms with Gasteiger partial charge in [0.15, 0.2) is 11.6 Å². The molecule has 0 spiro atoms. The first-order valence-electron chi connectivity index (χ1n) is 8.19. The Morgan fingerprint density at radius 3 is 2.41 bits per heavy atom. The largest absolute Gasteiger partial charge is 0.322 e. The molecule has 3 rings (SSSR count). The Bertz CT molecular complexity index is 1160. The molecule has 0 aliphatic heterocycles. The van der Waals surface area contributed by atoms with Gasteiger partial charge in [0.05, 0.1) is 5.75 Å². The van der Waals surface area contributed by atoms with Crippen LogP contribution >= 0.6 is 11.6 Å². The van der Waals surface area contributed by atoms with E-state index in [1.165, 1.54) is 24.4 Å². The van der Waals surface area contributed by atoms with Crippen LogP contribution in [0, 0.1) is 11.6 Å². The third-order valence-electron chi connectivity index (χ3n) is 3.73. The summed E-state index contributed by atoms with van der Waals surface area (Å²) in [6.07, 6.45) is 1.25. The summed E-state index contributed by atoms with van der Waals surface area (Å²) in [5, 5.41) is 2.88. The Morgan fingerprint density at radius 2 is 1.72 bits per heavy atom. The number of nitrogens with one attached hydrogen (secondary N) is 2. The Labute approximate surface area is 170 Å². The van der Waals surface area contributed by atoms with Gasteiger partial charge in [-0.3, -0.25) is 9.52 Å². The minimum absolute atomic E-state index is 0.0515. The van der Waals surface area contributed by atoms with Gasteiger partial charge in [-0.1, -0.05) is 23.7 Å². The number of pyridine rings is 1. The van der Waals surface area contributed by atoms with Crippen LogP contribution in [-0.4, -0.2) is 19.3 Å². The van der Waals surface area contributed by atoms with Gasteiger partial charge >= 0.3 is 0 Å². The lowest BCUT2D eigenvalue weighted by Crippen LogP contribution is -2.17. The molecule has 0 bridgehead atoms. The fourth-order valence-corrected chi connectivity index (χ4v) is 3.66. The molecule has 1 heterocycles. The molecule has 1 amide bonds. The normalized spacial score (nSPS) is 11.1. The van der Waals surface area contributed by atoms with Gasteiger partial charge in [0, 0.05) is 28.5 Å². The molecule has 0 saturated carbocycles. The SMILES string of the molecule is O=C(Nc1ccc(F)c(F)c1)c1ccnc(NS(=O)(=O)Cc2ccc(Cl)cc2)c1. The number of hydrogen-bond donors (Lipinski definition) is 2. The monoisotopic (exact) mass is 437 g/mol. The average Bonchev–Trinajstić information content (AvgIpc) is 2.66. The highest BCUT2D eigenvalue weighted by atomic mass is 35.5. The van der Waals surface area contributed by atoms with Gasteiger partial charge in [-0.2, -0.15) is 0 Å². The van der Waals surface area contributed by atoms with E-state index in [1.807, 2.05) is 0 Å². The minimum atomic E-state index is -3.79. The zero-order valence-electron chi connectivity index (χ0n) is 14.7. The van der Waals surface area contributed by atoms with E-state index in [9.17, 15) is 22.0 Å². The lowest BCUT2D eigenvalue weighted by atomic mass is 10.2. The topological polar surface area (TPSA) is 88.2 Å². The Balaban J connectivity index is 1.71. The van der Waals surface area contributed by atoms with Crippen LogP contribution in [0.2, 0.25) is 5.02 Å². The first kappa shape index (κ1) is 20.7. The van der Waals surface area contributed by atoms with E-state index in [1.54, 1.807) is 24.3 Å². The molecule has 3 aromatic rings. The molecule has 0 unspecified atom stereocenters. The zero-order chi connectivity index (χ0) is 21.0. The molecular weight excluding hydrogens is 424 g/mol. The first-order valence-corrected chi connectivity index (χ1v) is 10.2. The molecule has 0 atom stereocenters. The van der Waals surface area contributed by atoms with Crippen LogP contribution < -0.4 is 10.0 Å². The van der Waals surface area contributed by atoms with Crippen molar-refractivity contribution >= 4 is 39.0 Å². The predicted octanol–water partition coefficient (Wildman–Crippen LogP) is 4.21. The van der Waals surface area contributed by atoms with Crippen LogP contribution in [0.4, 0.5) is 20.3 Å². The number of sulfonamides is 1. The Kier molecular flexibility index (Phi) is 6.09. The Hall–Kier alpha value is -3.04. The van der Waals surface area contributed by atoms with Gasteiger partial charge in [0.1, 0.15) is 5.82 Å². The molecule has 10 heteroatoms. The number of benzene rings is 2. The molecule has 2 N–H and O–H groups in total. The number of halogens is 3. The minimum Gasteiger partial charge on any atom is -0.322 e. The van der Waals surface area contributed by atoms with Gasteiger partial charge < -0.3 is 5.32 Å². The van der Waals surface area contributed by atoms with Crippen LogP contribution in [-0.2, 0) is 15.8 Å². The quantitative estimate of drug-likeness (QED) is 0.604. The summed E-state index contributed by atoms with van der Waals surface area (Å²) >= 11 is 5.78. The van der Waals surface area contributed by atoms with Crippen molar-refractivity contribution in [2.24, 2.45) is 0 Å². The summed E-state index contributed by atoms with van der Waals surface area (Å²) in [5.41, 5.74) is 0.652. The summed E-state index contributed by atoms with van der Waals surface area (Å²) < 4.78 is 53.2. The van der Waals surface area contributed by atoms with Crippen LogP contribution in [0.5, 0.6) is 0 Å². The van der Waals surface area contributed by atoms with E-state index >= 15 is 0 Å². The van der Waals surface area contributed by atoms with Gasteiger partial charge in [-0.05, 0) is 42.0 Å². The lowest BCUT2D eigenvalue weighted by Gasteiger charge is -2.09. The number of amides is 1. The van der Waals surface area contributed by atoms with Gasteiger partial charge in [-0.25, -0.2) is 22.2 Å². The number of nitrogens with zero attached hydrogens (tertiary/aromatic N) is 1. The summed E-state index contributed by atoms with van der Waals surface area (Å²) in [6.45, 7) is 0. The number of rotatable bonds is 6. The second-order valence-corrected chi connectivity index (χ2v) is 8.16. The van der Waals surface area contributed by atoms with Crippen LogP contribution in [0.15, 0.2) is 60.8 Å². The maximum Gasteiger partial charge on any atom is 0.255 e. The second-order valence-electron chi connectivity index (χ2n) is 6.00. The molecule has 29 heavy (non-hydrogen) atoms. The van der Waals surface area contributed by atoms with Crippen molar-refractivity contribution in [3.63, 3.8) is 0 Å². The predicted molar refractivity (Wildman–Crippen MR) is 106 cm³/mol. The molecule has 0 fully saturated rings. The summed E-state index contributed by atoms with van der Waals surface area (Å²) in [7, 11) is -3.79. The lowest BCUT2D eigenvalue weighted by molar-refractivity contribution is 0.102. The van der Waals surface area contributed by atoms with E-state index < -0.39 is 27.6 Å². The van der Waals surface area contributed by atoms with Gasteiger partial charge in [0.25, 0.3) is 5.91 Å².